The molecule has 8 heteroatoms. The van der Waals surface area contributed by atoms with Crippen molar-refractivity contribution in [1.82, 2.24) is 20.1 Å². The molecule has 1 aromatic heterocycles. The molecule has 2 aromatic carbocycles. The number of nitrogens with one attached hydrogen (secondary N) is 1. The lowest BCUT2D eigenvalue weighted by Gasteiger charge is -2.27. The van der Waals surface area contributed by atoms with Gasteiger partial charge in [0.1, 0.15) is 5.75 Å². The van der Waals surface area contributed by atoms with Crippen LogP contribution in [0.15, 0.2) is 59.8 Å². The lowest BCUT2D eigenvalue weighted by Crippen LogP contribution is -2.31. The highest BCUT2D eigenvalue weighted by molar-refractivity contribution is 7.99. The Morgan fingerprint density at radius 2 is 1.78 bits per heavy atom. The third kappa shape index (κ3) is 5.62. The van der Waals surface area contributed by atoms with Gasteiger partial charge in [-0.05, 0) is 55.5 Å². The Morgan fingerprint density at radius 1 is 1.03 bits per heavy atom. The molecule has 0 aliphatic carbocycles. The molecule has 3 aromatic rings. The van der Waals surface area contributed by atoms with Gasteiger partial charge in [-0.1, -0.05) is 42.1 Å². The van der Waals surface area contributed by atoms with E-state index in [1.807, 2.05) is 42.5 Å². The molecule has 1 aliphatic rings. The summed E-state index contributed by atoms with van der Waals surface area (Å²) >= 11 is 1.42. The molecule has 1 saturated heterocycles. The van der Waals surface area contributed by atoms with E-state index in [9.17, 15) is 4.79 Å². The molecule has 2 heterocycles. The van der Waals surface area contributed by atoms with Crippen LogP contribution in [0.1, 0.15) is 24.8 Å². The van der Waals surface area contributed by atoms with Gasteiger partial charge in [0.2, 0.25) is 11.9 Å². The Bertz CT molecular complexity index is 1000. The van der Waals surface area contributed by atoms with Gasteiger partial charge in [-0.3, -0.25) is 9.36 Å². The molecule has 1 aliphatic heterocycles. The summed E-state index contributed by atoms with van der Waals surface area (Å²) in [6.07, 6.45) is 4.37. The molecule has 168 valence electrons. The molecule has 1 N–H and O–H groups in total. The van der Waals surface area contributed by atoms with Crippen LogP contribution in [0.5, 0.6) is 5.75 Å². The molecule has 0 radical (unpaired) electrons. The molecule has 0 saturated carbocycles. The lowest BCUT2D eigenvalue weighted by atomic mass is 10.1. The number of hydrogen-bond acceptors (Lipinski definition) is 6. The number of methoxy groups -OCH3 is 1. The van der Waals surface area contributed by atoms with Crippen molar-refractivity contribution in [2.75, 3.05) is 37.4 Å². The largest absolute Gasteiger partial charge is 0.497 e. The van der Waals surface area contributed by atoms with E-state index in [4.69, 9.17) is 4.74 Å². The number of thioether (sulfide) groups is 1. The molecule has 0 unspecified atom stereocenters. The fourth-order valence-corrected chi connectivity index (χ4v) is 4.55. The first-order valence-electron chi connectivity index (χ1n) is 11.0. The van der Waals surface area contributed by atoms with Gasteiger partial charge < -0.3 is 15.0 Å². The zero-order valence-electron chi connectivity index (χ0n) is 18.4. The number of rotatable bonds is 9. The Hall–Kier alpha value is -3.00. The molecule has 0 bridgehead atoms. The van der Waals surface area contributed by atoms with Crippen molar-refractivity contribution in [3.05, 3.63) is 60.2 Å². The number of ether oxygens (including phenoxy) is 1. The standard InChI is InChI=1S/C24H29N5O2S/c1-31-21-12-10-19(11-13-21)14-15-25-22(30)18-32-24-27-26-23(28-16-6-3-7-17-28)29(24)20-8-4-2-5-9-20/h2,4-5,8-13H,3,6-7,14-18H2,1H3,(H,25,30). The molecule has 7 nitrogen and oxygen atoms in total. The maximum Gasteiger partial charge on any atom is 0.232 e. The van der Waals surface area contributed by atoms with E-state index in [1.165, 1.54) is 31.0 Å². The summed E-state index contributed by atoms with van der Waals surface area (Å²) in [5.74, 6) is 1.98. The van der Waals surface area contributed by atoms with Gasteiger partial charge in [0.05, 0.1) is 18.6 Å². The molecule has 0 spiro atoms. The number of amides is 1. The summed E-state index contributed by atoms with van der Waals surface area (Å²) in [5.41, 5.74) is 2.18. The summed E-state index contributed by atoms with van der Waals surface area (Å²) in [6, 6.07) is 18.0. The number of benzene rings is 2. The van der Waals surface area contributed by atoms with Crippen LogP contribution in [0.25, 0.3) is 5.69 Å². The molecule has 4 rings (SSSR count). The first kappa shape index (κ1) is 22.2. The van der Waals surface area contributed by atoms with Crippen LogP contribution >= 0.6 is 11.8 Å². The van der Waals surface area contributed by atoms with Gasteiger partial charge in [-0.15, -0.1) is 10.2 Å². The zero-order valence-corrected chi connectivity index (χ0v) is 19.2. The maximum atomic E-state index is 12.4. The number of hydrogen-bond donors (Lipinski definition) is 1. The predicted molar refractivity (Wildman–Crippen MR) is 128 cm³/mol. The molecular formula is C24H29N5O2S. The van der Waals surface area contributed by atoms with E-state index in [2.05, 4.69) is 37.1 Å². The zero-order chi connectivity index (χ0) is 22.2. The Balaban J connectivity index is 1.36. The van der Waals surface area contributed by atoms with Crippen molar-refractivity contribution >= 4 is 23.6 Å². The quantitative estimate of drug-likeness (QED) is 0.500. The Kier molecular flexibility index (Phi) is 7.66. The first-order valence-corrected chi connectivity index (χ1v) is 12.0. The van der Waals surface area contributed by atoms with Crippen LogP contribution in [0.2, 0.25) is 0 Å². The van der Waals surface area contributed by atoms with E-state index >= 15 is 0 Å². The minimum Gasteiger partial charge on any atom is -0.497 e. The van der Waals surface area contributed by atoms with Crippen molar-refractivity contribution in [3.63, 3.8) is 0 Å². The molecule has 0 atom stereocenters. The van der Waals surface area contributed by atoms with Crippen LogP contribution in [-0.4, -0.2) is 53.2 Å². The van der Waals surface area contributed by atoms with E-state index < -0.39 is 0 Å². The summed E-state index contributed by atoms with van der Waals surface area (Å²) in [4.78, 5) is 14.7. The van der Waals surface area contributed by atoms with Gasteiger partial charge in [0.25, 0.3) is 0 Å². The van der Waals surface area contributed by atoms with Gasteiger partial charge in [0, 0.05) is 19.6 Å². The van der Waals surface area contributed by atoms with Crippen molar-refractivity contribution in [3.8, 4) is 11.4 Å². The highest BCUT2D eigenvalue weighted by Gasteiger charge is 2.21. The second-order valence-electron chi connectivity index (χ2n) is 7.74. The fraction of sp³-hybridized carbons (Fsp3) is 0.375. The van der Waals surface area contributed by atoms with Crippen LogP contribution in [0.3, 0.4) is 0 Å². The third-order valence-electron chi connectivity index (χ3n) is 5.50. The number of aromatic nitrogens is 3. The summed E-state index contributed by atoms with van der Waals surface area (Å²) < 4.78 is 7.25. The van der Waals surface area contributed by atoms with Crippen molar-refractivity contribution in [1.29, 1.82) is 0 Å². The van der Waals surface area contributed by atoms with E-state index in [0.717, 1.165) is 47.6 Å². The van der Waals surface area contributed by atoms with Gasteiger partial charge >= 0.3 is 0 Å². The summed E-state index contributed by atoms with van der Waals surface area (Å²) in [5, 5.41) is 12.7. The van der Waals surface area contributed by atoms with E-state index in [-0.39, 0.29) is 5.91 Å². The highest BCUT2D eigenvalue weighted by Crippen LogP contribution is 2.28. The Morgan fingerprint density at radius 3 is 2.50 bits per heavy atom. The summed E-state index contributed by atoms with van der Waals surface area (Å²) in [7, 11) is 1.65. The van der Waals surface area contributed by atoms with Crippen molar-refractivity contribution in [2.24, 2.45) is 0 Å². The van der Waals surface area contributed by atoms with E-state index in [0.29, 0.717) is 12.3 Å². The minimum absolute atomic E-state index is 0.00866. The molecule has 1 amide bonds. The maximum absolute atomic E-state index is 12.4. The van der Waals surface area contributed by atoms with Crippen LogP contribution in [0, 0.1) is 0 Å². The van der Waals surface area contributed by atoms with Crippen LogP contribution in [-0.2, 0) is 11.2 Å². The first-order chi connectivity index (χ1) is 15.7. The molecule has 1 fully saturated rings. The average Bonchev–Trinajstić information content (AvgIpc) is 3.28. The molecule has 32 heavy (non-hydrogen) atoms. The van der Waals surface area contributed by atoms with Crippen LogP contribution in [0.4, 0.5) is 5.95 Å². The topological polar surface area (TPSA) is 72.3 Å². The lowest BCUT2D eigenvalue weighted by molar-refractivity contribution is -0.118. The number of nitrogens with zero attached hydrogens (tertiary/aromatic N) is 4. The Labute approximate surface area is 193 Å². The second-order valence-corrected chi connectivity index (χ2v) is 8.68. The number of piperidine rings is 1. The highest BCUT2D eigenvalue weighted by atomic mass is 32.2. The number of para-hydroxylation sites is 1. The van der Waals surface area contributed by atoms with Crippen LogP contribution < -0.4 is 15.0 Å². The second kappa shape index (κ2) is 11.0. The third-order valence-corrected chi connectivity index (χ3v) is 6.43. The van der Waals surface area contributed by atoms with E-state index in [1.54, 1.807) is 7.11 Å². The van der Waals surface area contributed by atoms with Gasteiger partial charge in [0.15, 0.2) is 5.16 Å². The van der Waals surface area contributed by atoms with Gasteiger partial charge in [-0.2, -0.15) is 0 Å². The smallest absolute Gasteiger partial charge is 0.232 e. The van der Waals surface area contributed by atoms with Crippen molar-refractivity contribution in [2.45, 2.75) is 30.8 Å². The number of carbonyl (C=O) groups is 1. The fourth-order valence-electron chi connectivity index (χ4n) is 3.78. The average molecular weight is 452 g/mol. The monoisotopic (exact) mass is 451 g/mol. The normalized spacial score (nSPS) is 13.7. The minimum atomic E-state index is -0.00866. The SMILES string of the molecule is COc1ccc(CCNC(=O)CSc2nnc(N3CCCCC3)n2-c2ccccc2)cc1. The number of anilines is 1. The predicted octanol–water partition coefficient (Wildman–Crippen LogP) is 3.72. The summed E-state index contributed by atoms with van der Waals surface area (Å²) in [6.45, 7) is 2.57. The number of carbonyl (C=O) groups excluding carboxylic acids is 1. The van der Waals surface area contributed by atoms with Crippen molar-refractivity contribution < 1.29 is 9.53 Å². The molecular weight excluding hydrogens is 422 g/mol. The van der Waals surface area contributed by atoms with Gasteiger partial charge in [-0.25, -0.2) is 0 Å².